The number of benzene rings is 1. The van der Waals surface area contributed by atoms with E-state index in [-0.39, 0.29) is 11.3 Å². The number of anilines is 1. The van der Waals surface area contributed by atoms with E-state index in [0.29, 0.717) is 0 Å². The van der Waals surface area contributed by atoms with Crippen molar-refractivity contribution < 1.29 is 9.53 Å². The first-order chi connectivity index (χ1) is 10.1. The van der Waals surface area contributed by atoms with Gasteiger partial charge in [0.15, 0.2) is 0 Å². The SMILES string of the molecule is CCCC1(C(=O)Nc2ccc(C)cc2OC)CCNCC1. The molecule has 116 valence electrons. The fourth-order valence-corrected chi connectivity index (χ4v) is 3.13. The highest BCUT2D eigenvalue weighted by atomic mass is 16.5. The van der Waals surface area contributed by atoms with Crippen LogP contribution in [0.5, 0.6) is 5.75 Å². The summed E-state index contributed by atoms with van der Waals surface area (Å²) in [6, 6.07) is 5.87. The summed E-state index contributed by atoms with van der Waals surface area (Å²) in [5.74, 6) is 0.858. The Hall–Kier alpha value is -1.55. The van der Waals surface area contributed by atoms with Gasteiger partial charge in [-0.15, -0.1) is 0 Å². The van der Waals surface area contributed by atoms with Crippen molar-refractivity contribution in [1.82, 2.24) is 5.32 Å². The lowest BCUT2D eigenvalue weighted by Crippen LogP contribution is -2.44. The van der Waals surface area contributed by atoms with Crippen LogP contribution >= 0.6 is 0 Å². The Balaban J connectivity index is 2.19. The Morgan fingerprint density at radius 1 is 1.38 bits per heavy atom. The number of ether oxygens (including phenoxy) is 1. The quantitative estimate of drug-likeness (QED) is 0.876. The zero-order valence-corrected chi connectivity index (χ0v) is 13.3. The molecule has 1 heterocycles. The second kappa shape index (κ2) is 6.94. The molecule has 1 aliphatic rings. The van der Waals surface area contributed by atoms with Gasteiger partial charge in [0.25, 0.3) is 0 Å². The number of rotatable bonds is 5. The Kier molecular flexibility index (Phi) is 5.23. The molecule has 0 aliphatic carbocycles. The van der Waals surface area contributed by atoms with Crippen molar-refractivity contribution in [3.05, 3.63) is 23.8 Å². The second-order valence-corrected chi connectivity index (χ2v) is 5.94. The molecule has 1 saturated heterocycles. The molecular weight excluding hydrogens is 264 g/mol. The smallest absolute Gasteiger partial charge is 0.230 e. The number of piperidine rings is 1. The van der Waals surface area contributed by atoms with E-state index >= 15 is 0 Å². The molecule has 0 aromatic heterocycles. The highest BCUT2D eigenvalue weighted by Crippen LogP contribution is 2.36. The number of amides is 1. The molecule has 0 unspecified atom stereocenters. The van der Waals surface area contributed by atoms with E-state index in [0.717, 1.165) is 55.8 Å². The first-order valence-corrected chi connectivity index (χ1v) is 7.78. The third-order valence-electron chi connectivity index (χ3n) is 4.38. The molecule has 4 nitrogen and oxygen atoms in total. The van der Waals surface area contributed by atoms with Gasteiger partial charge < -0.3 is 15.4 Å². The second-order valence-electron chi connectivity index (χ2n) is 5.94. The van der Waals surface area contributed by atoms with Crippen molar-refractivity contribution >= 4 is 11.6 Å². The van der Waals surface area contributed by atoms with Gasteiger partial charge in [-0.3, -0.25) is 4.79 Å². The van der Waals surface area contributed by atoms with Gasteiger partial charge in [0.05, 0.1) is 18.2 Å². The number of hydrogen-bond acceptors (Lipinski definition) is 3. The minimum Gasteiger partial charge on any atom is -0.495 e. The molecule has 1 aromatic carbocycles. The maximum atomic E-state index is 12.8. The summed E-state index contributed by atoms with van der Waals surface area (Å²) in [5.41, 5.74) is 1.65. The average molecular weight is 290 g/mol. The maximum absolute atomic E-state index is 12.8. The van der Waals surface area contributed by atoms with Gasteiger partial charge in [0.2, 0.25) is 5.91 Å². The van der Waals surface area contributed by atoms with Gasteiger partial charge in [-0.2, -0.15) is 0 Å². The van der Waals surface area contributed by atoms with E-state index in [4.69, 9.17) is 4.74 Å². The van der Waals surface area contributed by atoms with E-state index in [9.17, 15) is 4.79 Å². The van der Waals surface area contributed by atoms with Crippen LogP contribution in [0.1, 0.15) is 38.2 Å². The van der Waals surface area contributed by atoms with Crippen LogP contribution < -0.4 is 15.4 Å². The third kappa shape index (κ3) is 3.56. The minimum atomic E-state index is -0.240. The van der Waals surface area contributed by atoms with Gasteiger partial charge >= 0.3 is 0 Å². The molecule has 1 aromatic rings. The summed E-state index contributed by atoms with van der Waals surface area (Å²) in [6.45, 7) is 5.99. The predicted octanol–water partition coefficient (Wildman–Crippen LogP) is 3.11. The van der Waals surface area contributed by atoms with Gasteiger partial charge in [-0.25, -0.2) is 0 Å². The zero-order chi connectivity index (χ0) is 15.3. The van der Waals surface area contributed by atoms with Gasteiger partial charge in [0, 0.05) is 0 Å². The molecule has 2 rings (SSSR count). The van der Waals surface area contributed by atoms with Gasteiger partial charge in [-0.1, -0.05) is 19.4 Å². The number of carbonyl (C=O) groups is 1. The van der Waals surface area contributed by atoms with Crippen LogP contribution in [0.2, 0.25) is 0 Å². The van der Waals surface area contributed by atoms with E-state index < -0.39 is 0 Å². The topological polar surface area (TPSA) is 50.4 Å². The van der Waals surface area contributed by atoms with E-state index in [1.807, 2.05) is 25.1 Å². The van der Waals surface area contributed by atoms with Crippen LogP contribution in [-0.4, -0.2) is 26.1 Å². The van der Waals surface area contributed by atoms with Crippen LogP contribution in [0, 0.1) is 12.3 Å². The largest absolute Gasteiger partial charge is 0.495 e. The number of carbonyl (C=O) groups excluding carboxylic acids is 1. The molecule has 2 N–H and O–H groups in total. The molecule has 1 amide bonds. The normalized spacial score (nSPS) is 17.3. The third-order valence-corrected chi connectivity index (χ3v) is 4.38. The Bertz CT molecular complexity index is 488. The predicted molar refractivity (Wildman–Crippen MR) is 85.8 cm³/mol. The lowest BCUT2D eigenvalue weighted by Gasteiger charge is -2.36. The molecule has 1 fully saturated rings. The van der Waals surface area contributed by atoms with E-state index in [1.165, 1.54) is 0 Å². The highest BCUT2D eigenvalue weighted by Gasteiger charge is 2.38. The zero-order valence-electron chi connectivity index (χ0n) is 13.3. The standard InChI is InChI=1S/C17H26N2O2/c1-4-7-17(8-10-18-11-9-17)16(20)19-14-6-5-13(2)12-15(14)21-3/h5-6,12,18H,4,7-11H2,1-3H3,(H,19,20). The summed E-state index contributed by atoms with van der Waals surface area (Å²) in [5, 5.41) is 6.43. The Morgan fingerprint density at radius 2 is 2.10 bits per heavy atom. The molecular formula is C17H26N2O2. The van der Waals surface area contributed by atoms with Crippen molar-refractivity contribution in [3.63, 3.8) is 0 Å². The van der Waals surface area contributed by atoms with E-state index in [1.54, 1.807) is 7.11 Å². The first kappa shape index (κ1) is 15.8. The molecule has 0 atom stereocenters. The number of hydrogen-bond donors (Lipinski definition) is 2. The van der Waals surface area contributed by atoms with Crippen molar-refractivity contribution in [2.45, 2.75) is 39.5 Å². The van der Waals surface area contributed by atoms with Crippen molar-refractivity contribution in [1.29, 1.82) is 0 Å². The summed E-state index contributed by atoms with van der Waals surface area (Å²) >= 11 is 0. The van der Waals surface area contributed by atoms with Gasteiger partial charge in [-0.05, 0) is 57.0 Å². The van der Waals surface area contributed by atoms with Crippen molar-refractivity contribution in [2.75, 3.05) is 25.5 Å². The van der Waals surface area contributed by atoms with Crippen LogP contribution in [0.4, 0.5) is 5.69 Å². The number of aryl methyl sites for hydroxylation is 1. The molecule has 4 heteroatoms. The number of nitrogens with one attached hydrogen (secondary N) is 2. The highest BCUT2D eigenvalue weighted by molar-refractivity contribution is 5.96. The number of methoxy groups -OCH3 is 1. The molecule has 0 bridgehead atoms. The average Bonchev–Trinajstić information content (AvgIpc) is 2.50. The van der Waals surface area contributed by atoms with Crippen LogP contribution in [0.25, 0.3) is 0 Å². The van der Waals surface area contributed by atoms with Crippen LogP contribution in [-0.2, 0) is 4.79 Å². The fourth-order valence-electron chi connectivity index (χ4n) is 3.13. The lowest BCUT2D eigenvalue weighted by molar-refractivity contribution is -0.127. The van der Waals surface area contributed by atoms with Crippen LogP contribution in [0.3, 0.4) is 0 Å². The summed E-state index contributed by atoms with van der Waals surface area (Å²) in [4.78, 5) is 12.8. The van der Waals surface area contributed by atoms with Crippen LogP contribution in [0.15, 0.2) is 18.2 Å². The molecule has 21 heavy (non-hydrogen) atoms. The summed E-state index contributed by atoms with van der Waals surface area (Å²) in [7, 11) is 1.64. The molecule has 1 aliphatic heterocycles. The fraction of sp³-hybridized carbons (Fsp3) is 0.588. The van der Waals surface area contributed by atoms with E-state index in [2.05, 4.69) is 17.6 Å². The lowest BCUT2D eigenvalue weighted by atomic mass is 9.74. The summed E-state index contributed by atoms with van der Waals surface area (Å²) in [6.07, 6.45) is 3.77. The monoisotopic (exact) mass is 290 g/mol. The molecule has 0 saturated carbocycles. The molecule has 0 spiro atoms. The minimum absolute atomic E-state index is 0.132. The molecule has 0 radical (unpaired) electrons. The van der Waals surface area contributed by atoms with Crippen molar-refractivity contribution in [3.8, 4) is 5.75 Å². The Labute approximate surface area is 127 Å². The Morgan fingerprint density at radius 3 is 2.71 bits per heavy atom. The first-order valence-electron chi connectivity index (χ1n) is 7.78. The summed E-state index contributed by atoms with van der Waals surface area (Å²) < 4.78 is 5.38. The van der Waals surface area contributed by atoms with Crippen molar-refractivity contribution in [2.24, 2.45) is 5.41 Å². The maximum Gasteiger partial charge on any atom is 0.230 e. The van der Waals surface area contributed by atoms with Gasteiger partial charge in [0.1, 0.15) is 5.75 Å².